The Labute approximate surface area is 147 Å². The van der Waals surface area contributed by atoms with E-state index in [0.29, 0.717) is 17.2 Å². The third-order valence-electron chi connectivity index (χ3n) is 3.66. The summed E-state index contributed by atoms with van der Waals surface area (Å²) in [6, 6.07) is 11.1. The molecule has 0 unspecified atom stereocenters. The van der Waals surface area contributed by atoms with E-state index >= 15 is 0 Å². The Kier molecular flexibility index (Phi) is 5.62. The minimum atomic E-state index is -4.59. The Morgan fingerprint density at radius 1 is 1.15 bits per heavy atom. The van der Waals surface area contributed by atoms with Crippen LogP contribution in [0.2, 0.25) is 0 Å². The minimum Gasteiger partial charge on any atom is -0.368 e. The maximum Gasteiger partial charge on any atom is 0.416 e. The van der Waals surface area contributed by atoms with Gasteiger partial charge in [-0.2, -0.15) is 18.4 Å². The Bertz CT molecular complexity index is 872. The number of halogens is 3. The summed E-state index contributed by atoms with van der Waals surface area (Å²) < 4.78 is 38.3. The number of benzene rings is 2. The first-order chi connectivity index (χ1) is 12.2. The van der Waals surface area contributed by atoms with E-state index in [2.05, 4.69) is 5.32 Å². The van der Waals surface area contributed by atoms with Crippen LogP contribution in [0.15, 0.2) is 48.5 Å². The van der Waals surface area contributed by atoms with Gasteiger partial charge in [0.05, 0.1) is 17.2 Å². The lowest BCUT2D eigenvalue weighted by Gasteiger charge is -2.17. The zero-order chi connectivity index (χ0) is 19.3. The van der Waals surface area contributed by atoms with Gasteiger partial charge in [-0.25, -0.2) is 0 Å². The first-order valence-corrected chi connectivity index (χ1v) is 7.48. The summed E-state index contributed by atoms with van der Waals surface area (Å²) in [5, 5.41) is 11.4. The smallest absolute Gasteiger partial charge is 0.368 e. The van der Waals surface area contributed by atoms with Gasteiger partial charge in [0.1, 0.15) is 6.04 Å². The molecule has 0 spiro atoms. The number of carbonyl (C=O) groups is 2. The van der Waals surface area contributed by atoms with Gasteiger partial charge in [0.25, 0.3) is 5.91 Å². The molecular formula is C18H14F3N3O2. The fourth-order valence-electron chi connectivity index (χ4n) is 2.33. The summed E-state index contributed by atoms with van der Waals surface area (Å²) in [6.45, 7) is 0. The summed E-state index contributed by atoms with van der Waals surface area (Å²) in [5.41, 5.74) is 4.86. The average molecular weight is 361 g/mol. The third kappa shape index (κ3) is 4.60. The van der Waals surface area contributed by atoms with Crippen LogP contribution in [0.3, 0.4) is 0 Å². The fraction of sp³-hybridized carbons (Fsp3) is 0.167. The first kappa shape index (κ1) is 19.0. The second-order valence-corrected chi connectivity index (χ2v) is 5.48. The lowest BCUT2D eigenvalue weighted by atomic mass is 10.00. The molecule has 2 amide bonds. The average Bonchev–Trinajstić information content (AvgIpc) is 2.60. The highest BCUT2D eigenvalue weighted by Crippen LogP contribution is 2.29. The molecule has 8 heteroatoms. The molecule has 3 N–H and O–H groups in total. The molecule has 1 atom stereocenters. The maximum atomic E-state index is 12.8. The molecule has 0 aromatic heterocycles. The van der Waals surface area contributed by atoms with Gasteiger partial charge in [-0.15, -0.1) is 0 Å². The van der Waals surface area contributed by atoms with Gasteiger partial charge >= 0.3 is 6.18 Å². The fourth-order valence-corrected chi connectivity index (χ4v) is 2.33. The second kappa shape index (κ2) is 7.70. The number of nitrogens with one attached hydrogen (secondary N) is 1. The van der Waals surface area contributed by atoms with E-state index in [1.54, 1.807) is 24.3 Å². The minimum absolute atomic E-state index is 0.0518. The summed E-state index contributed by atoms with van der Waals surface area (Å²) in [6.07, 6.45) is -4.64. The number of amides is 2. The molecule has 0 radical (unpaired) electrons. The highest BCUT2D eigenvalue weighted by atomic mass is 19.4. The first-order valence-electron chi connectivity index (χ1n) is 7.48. The van der Waals surface area contributed by atoms with E-state index < -0.39 is 29.6 Å². The summed E-state index contributed by atoms with van der Waals surface area (Å²) in [4.78, 5) is 23.9. The van der Waals surface area contributed by atoms with Crippen molar-refractivity contribution in [3.63, 3.8) is 0 Å². The molecule has 26 heavy (non-hydrogen) atoms. The number of nitriles is 1. The number of nitrogens with two attached hydrogens (primary N) is 1. The molecule has 0 aliphatic carbocycles. The van der Waals surface area contributed by atoms with Crippen LogP contribution in [0.1, 0.15) is 27.0 Å². The number of hydrogen-bond acceptors (Lipinski definition) is 3. The molecule has 2 aromatic carbocycles. The maximum absolute atomic E-state index is 12.8. The zero-order valence-corrected chi connectivity index (χ0v) is 13.4. The van der Waals surface area contributed by atoms with Crippen molar-refractivity contribution >= 4 is 11.8 Å². The molecule has 2 aromatic rings. The van der Waals surface area contributed by atoms with Crippen LogP contribution in [0.25, 0.3) is 0 Å². The van der Waals surface area contributed by atoms with Gasteiger partial charge in [0.2, 0.25) is 5.91 Å². The normalized spacial score (nSPS) is 12.1. The van der Waals surface area contributed by atoms with E-state index in [9.17, 15) is 22.8 Å². The molecular weight excluding hydrogens is 347 g/mol. The van der Waals surface area contributed by atoms with Crippen molar-refractivity contribution in [2.24, 2.45) is 5.73 Å². The van der Waals surface area contributed by atoms with Gasteiger partial charge in [-0.05, 0) is 29.8 Å². The molecule has 0 aliphatic heterocycles. The highest BCUT2D eigenvalue weighted by molar-refractivity contribution is 5.97. The quantitative estimate of drug-likeness (QED) is 0.856. The third-order valence-corrected chi connectivity index (χ3v) is 3.66. The van der Waals surface area contributed by atoms with Crippen molar-refractivity contribution < 1.29 is 22.8 Å². The van der Waals surface area contributed by atoms with Gasteiger partial charge < -0.3 is 11.1 Å². The van der Waals surface area contributed by atoms with E-state index in [0.717, 1.165) is 12.1 Å². The summed E-state index contributed by atoms with van der Waals surface area (Å²) in [7, 11) is 0. The van der Waals surface area contributed by atoms with Crippen LogP contribution >= 0.6 is 0 Å². The SMILES string of the molecule is N#Cc1ccccc1C[C@H](NC(=O)c1cccc(C(F)(F)F)c1)C(N)=O. The van der Waals surface area contributed by atoms with Gasteiger partial charge in [0, 0.05) is 12.0 Å². The van der Waals surface area contributed by atoms with E-state index in [4.69, 9.17) is 11.0 Å². The van der Waals surface area contributed by atoms with Crippen LogP contribution in [0, 0.1) is 11.3 Å². The van der Waals surface area contributed by atoms with Crippen LogP contribution in [-0.4, -0.2) is 17.9 Å². The number of nitrogens with zero attached hydrogens (tertiary/aromatic N) is 1. The molecule has 0 heterocycles. The lowest BCUT2D eigenvalue weighted by Crippen LogP contribution is -2.46. The monoisotopic (exact) mass is 361 g/mol. The van der Waals surface area contributed by atoms with Crippen molar-refractivity contribution in [1.82, 2.24) is 5.32 Å². The number of hydrogen-bond donors (Lipinski definition) is 2. The Hall–Kier alpha value is -3.34. The highest BCUT2D eigenvalue weighted by Gasteiger charge is 2.31. The van der Waals surface area contributed by atoms with Crippen molar-refractivity contribution in [2.75, 3.05) is 0 Å². The zero-order valence-electron chi connectivity index (χ0n) is 13.4. The lowest BCUT2D eigenvalue weighted by molar-refractivity contribution is -0.137. The Morgan fingerprint density at radius 2 is 1.85 bits per heavy atom. The number of primary amides is 1. The van der Waals surface area contributed by atoms with Crippen molar-refractivity contribution in [3.8, 4) is 6.07 Å². The van der Waals surface area contributed by atoms with E-state index in [1.807, 2.05) is 6.07 Å². The van der Waals surface area contributed by atoms with Crippen molar-refractivity contribution in [2.45, 2.75) is 18.6 Å². The van der Waals surface area contributed by atoms with E-state index in [1.165, 1.54) is 6.07 Å². The van der Waals surface area contributed by atoms with Crippen LogP contribution in [0.4, 0.5) is 13.2 Å². The molecule has 0 fully saturated rings. The summed E-state index contributed by atoms with van der Waals surface area (Å²) >= 11 is 0. The molecule has 5 nitrogen and oxygen atoms in total. The molecule has 134 valence electrons. The molecule has 0 saturated carbocycles. The molecule has 0 bridgehead atoms. The largest absolute Gasteiger partial charge is 0.416 e. The number of alkyl halides is 3. The standard InChI is InChI=1S/C18H14F3N3O2/c19-18(20,21)14-7-3-6-12(8-14)17(26)24-15(16(23)25)9-11-4-1-2-5-13(11)10-22/h1-8,15H,9H2,(H2,23,25)(H,24,26)/t15-/m0/s1. The predicted octanol–water partition coefficient (Wildman–Crippen LogP) is 2.40. The van der Waals surface area contributed by atoms with Gasteiger partial charge in [-0.3, -0.25) is 9.59 Å². The predicted molar refractivity (Wildman–Crippen MR) is 86.8 cm³/mol. The molecule has 0 saturated heterocycles. The van der Waals surface area contributed by atoms with Gasteiger partial charge in [-0.1, -0.05) is 24.3 Å². The van der Waals surface area contributed by atoms with Crippen LogP contribution in [-0.2, 0) is 17.4 Å². The topological polar surface area (TPSA) is 96.0 Å². The molecule has 0 aliphatic rings. The van der Waals surface area contributed by atoms with Crippen molar-refractivity contribution in [3.05, 3.63) is 70.8 Å². The van der Waals surface area contributed by atoms with Gasteiger partial charge in [0.15, 0.2) is 0 Å². The Balaban J connectivity index is 2.22. The number of carbonyl (C=O) groups excluding carboxylic acids is 2. The van der Waals surface area contributed by atoms with Crippen molar-refractivity contribution in [1.29, 1.82) is 5.26 Å². The molecule has 2 rings (SSSR count). The summed E-state index contributed by atoms with van der Waals surface area (Å²) in [5.74, 6) is -1.73. The van der Waals surface area contributed by atoms with Crippen LogP contribution in [0.5, 0.6) is 0 Å². The Morgan fingerprint density at radius 3 is 2.46 bits per heavy atom. The van der Waals surface area contributed by atoms with E-state index in [-0.39, 0.29) is 12.0 Å². The van der Waals surface area contributed by atoms with Crippen LogP contribution < -0.4 is 11.1 Å². The second-order valence-electron chi connectivity index (χ2n) is 5.48. The number of rotatable bonds is 5.